The van der Waals surface area contributed by atoms with Gasteiger partial charge in [0.15, 0.2) is 0 Å². The van der Waals surface area contributed by atoms with Crippen LogP contribution in [0.5, 0.6) is 5.75 Å². The van der Waals surface area contributed by atoms with Gasteiger partial charge in [-0.1, -0.05) is 66.2 Å². The van der Waals surface area contributed by atoms with Gasteiger partial charge in [-0.25, -0.2) is 0 Å². The molecule has 0 aliphatic carbocycles. The summed E-state index contributed by atoms with van der Waals surface area (Å²) in [4.78, 5) is 38.9. The van der Waals surface area contributed by atoms with E-state index in [0.29, 0.717) is 42.9 Å². The average Bonchev–Trinajstić information content (AvgIpc) is 3.39. The van der Waals surface area contributed by atoms with E-state index in [2.05, 4.69) is 10.6 Å². The maximum atomic E-state index is 13.6. The standard InChI is InChI=1S/C37H37ClN4O4/c1-46-31-15-9-26(10-16-31)19-20-40-37(45)33(17-11-25-5-3-2-4-6-25)41-36(44)28-12-18-34-32(21-28)29(22-35(39)43)24-42(34)23-27-7-13-30(38)14-8-27/h2-10,12-16,18,21,24,33H,11,17,19-20,22-23H2,1H3,(H2,39,43)(H,40,45)(H,41,44)/t33-/m0/s1. The number of primary amides is 1. The summed E-state index contributed by atoms with van der Waals surface area (Å²) in [6, 6.07) is 29.7. The second-order valence-corrected chi connectivity index (χ2v) is 11.7. The molecule has 0 radical (unpaired) electrons. The molecule has 236 valence electrons. The summed E-state index contributed by atoms with van der Waals surface area (Å²) in [6.07, 6.45) is 3.61. The first-order valence-electron chi connectivity index (χ1n) is 15.2. The number of hydrogen-bond donors (Lipinski definition) is 3. The van der Waals surface area contributed by atoms with E-state index in [4.69, 9.17) is 22.1 Å². The van der Waals surface area contributed by atoms with Gasteiger partial charge in [0, 0.05) is 40.8 Å². The van der Waals surface area contributed by atoms with Gasteiger partial charge < -0.3 is 25.7 Å². The van der Waals surface area contributed by atoms with E-state index in [0.717, 1.165) is 38.9 Å². The van der Waals surface area contributed by atoms with Crippen molar-refractivity contribution in [2.75, 3.05) is 13.7 Å². The van der Waals surface area contributed by atoms with Crippen LogP contribution in [-0.2, 0) is 35.4 Å². The van der Waals surface area contributed by atoms with Gasteiger partial charge in [-0.2, -0.15) is 0 Å². The topological polar surface area (TPSA) is 115 Å². The highest BCUT2D eigenvalue weighted by atomic mass is 35.5. The van der Waals surface area contributed by atoms with Crippen molar-refractivity contribution in [2.24, 2.45) is 5.73 Å². The first kappa shape index (κ1) is 32.3. The molecule has 0 saturated carbocycles. The molecule has 5 aromatic rings. The number of carbonyl (C=O) groups excluding carboxylic acids is 3. The molecule has 0 saturated heterocycles. The summed E-state index contributed by atoms with van der Waals surface area (Å²) in [5.74, 6) is -0.314. The van der Waals surface area contributed by atoms with Gasteiger partial charge in [0.2, 0.25) is 11.8 Å². The van der Waals surface area contributed by atoms with Crippen LogP contribution in [0, 0.1) is 0 Å². The van der Waals surface area contributed by atoms with Gasteiger partial charge in [-0.15, -0.1) is 0 Å². The molecule has 0 aliphatic heterocycles. The Bertz CT molecular complexity index is 1800. The van der Waals surface area contributed by atoms with Crippen molar-refractivity contribution < 1.29 is 19.1 Å². The number of aryl methyl sites for hydroxylation is 1. The van der Waals surface area contributed by atoms with Crippen molar-refractivity contribution in [3.8, 4) is 5.75 Å². The number of rotatable bonds is 14. The van der Waals surface area contributed by atoms with Gasteiger partial charge in [-0.05, 0) is 84.0 Å². The van der Waals surface area contributed by atoms with E-state index >= 15 is 0 Å². The smallest absolute Gasteiger partial charge is 0.251 e. The molecule has 46 heavy (non-hydrogen) atoms. The van der Waals surface area contributed by atoms with Crippen LogP contribution < -0.4 is 21.1 Å². The number of hydrogen-bond acceptors (Lipinski definition) is 4. The zero-order valence-corrected chi connectivity index (χ0v) is 26.4. The predicted molar refractivity (Wildman–Crippen MR) is 181 cm³/mol. The van der Waals surface area contributed by atoms with Crippen molar-refractivity contribution in [3.63, 3.8) is 0 Å². The van der Waals surface area contributed by atoms with E-state index in [9.17, 15) is 14.4 Å². The number of halogens is 1. The van der Waals surface area contributed by atoms with E-state index in [1.54, 1.807) is 19.2 Å². The van der Waals surface area contributed by atoms with Crippen molar-refractivity contribution >= 4 is 40.2 Å². The number of fused-ring (bicyclic) bond motifs is 1. The Labute approximate surface area is 273 Å². The molecule has 9 heteroatoms. The van der Waals surface area contributed by atoms with Crippen molar-refractivity contribution in [1.82, 2.24) is 15.2 Å². The van der Waals surface area contributed by atoms with Crippen LogP contribution in [0.3, 0.4) is 0 Å². The molecule has 0 spiro atoms. The fraction of sp³-hybridized carbons (Fsp3) is 0.216. The maximum absolute atomic E-state index is 13.6. The fourth-order valence-electron chi connectivity index (χ4n) is 5.47. The number of benzene rings is 4. The molecule has 5 rings (SSSR count). The lowest BCUT2D eigenvalue weighted by molar-refractivity contribution is -0.123. The Morgan fingerprint density at radius 1 is 0.870 bits per heavy atom. The third-order valence-electron chi connectivity index (χ3n) is 7.91. The molecular weight excluding hydrogens is 600 g/mol. The molecule has 4 aromatic carbocycles. The number of carbonyl (C=O) groups is 3. The van der Waals surface area contributed by atoms with Gasteiger partial charge in [0.1, 0.15) is 11.8 Å². The minimum atomic E-state index is -0.751. The summed E-state index contributed by atoms with van der Waals surface area (Å²) < 4.78 is 7.25. The normalized spacial score (nSPS) is 11.6. The molecule has 1 aromatic heterocycles. The molecule has 0 aliphatic rings. The molecule has 0 unspecified atom stereocenters. The van der Waals surface area contributed by atoms with Crippen LogP contribution in [-0.4, -0.2) is 42.0 Å². The number of nitrogens with zero attached hydrogens (tertiary/aromatic N) is 1. The number of aromatic nitrogens is 1. The lowest BCUT2D eigenvalue weighted by Gasteiger charge is -2.19. The zero-order chi connectivity index (χ0) is 32.5. The van der Waals surface area contributed by atoms with Crippen LogP contribution >= 0.6 is 11.6 Å². The molecule has 3 amide bonds. The monoisotopic (exact) mass is 636 g/mol. The highest BCUT2D eigenvalue weighted by molar-refractivity contribution is 6.30. The van der Waals surface area contributed by atoms with E-state index in [1.165, 1.54) is 0 Å². The average molecular weight is 637 g/mol. The summed E-state index contributed by atoms with van der Waals surface area (Å²) >= 11 is 6.06. The van der Waals surface area contributed by atoms with Crippen LogP contribution in [0.1, 0.15) is 39.0 Å². The van der Waals surface area contributed by atoms with Crippen LogP contribution in [0.2, 0.25) is 5.02 Å². The quantitative estimate of drug-likeness (QED) is 0.150. The molecule has 1 heterocycles. The predicted octanol–water partition coefficient (Wildman–Crippen LogP) is 5.47. The third-order valence-corrected chi connectivity index (χ3v) is 8.17. The lowest BCUT2D eigenvalue weighted by atomic mass is 10.0. The lowest BCUT2D eigenvalue weighted by Crippen LogP contribution is -2.47. The molecule has 0 fully saturated rings. The first-order valence-corrected chi connectivity index (χ1v) is 15.6. The van der Waals surface area contributed by atoms with Crippen LogP contribution in [0.25, 0.3) is 10.9 Å². The number of nitrogens with two attached hydrogens (primary N) is 1. The molecule has 8 nitrogen and oxygen atoms in total. The Hall–Kier alpha value is -5.08. The molecule has 0 bridgehead atoms. The van der Waals surface area contributed by atoms with Crippen molar-refractivity contribution in [1.29, 1.82) is 0 Å². The van der Waals surface area contributed by atoms with Crippen LogP contribution in [0.4, 0.5) is 0 Å². The summed E-state index contributed by atoms with van der Waals surface area (Å²) in [5, 5.41) is 7.37. The largest absolute Gasteiger partial charge is 0.497 e. The minimum Gasteiger partial charge on any atom is -0.497 e. The van der Waals surface area contributed by atoms with Gasteiger partial charge >= 0.3 is 0 Å². The van der Waals surface area contributed by atoms with Crippen LogP contribution in [0.15, 0.2) is 103 Å². The fourth-order valence-corrected chi connectivity index (χ4v) is 5.60. The van der Waals surface area contributed by atoms with Gasteiger partial charge in [0.05, 0.1) is 13.5 Å². The Morgan fingerprint density at radius 2 is 1.57 bits per heavy atom. The highest BCUT2D eigenvalue weighted by Crippen LogP contribution is 2.25. The third kappa shape index (κ3) is 8.55. The highest BCUT2D eigenvalue weighted by Gasteiger charge is 2.22. The van der Waals surface area contributed by atoms with E-state index in [1.807, 2.05) is 95.7 Å². The van der Waals surface area contributed by atoms with Gasteiger partial charge in [-0.3, -0.25) is 14.4 Å². The van der Waals surface area contributed by atoms with E-state index < -0.39 is 11.9 Å². The Morgan fingerprint density at radius 3 is 2.26 bits per heavy atom. The number of ether oxygens (including phenoxy) is 1. The zero-order valence-electron chi connectivity index (χ0n) is 25.7. The number of nitrogens with one attached hydrogen (secondary N) is 2. The summed E-state index contributed by atoms with van der Waals surface area (Å²) in [6.45, 7) is 0.975. The number of methoxy groups -OCH3 is 1. The van der Waals surface area contributed by atoms with Gasteiger partial charge in [0.25, 0.3) is 5.91 Å². The maximum Gasteiger partial charge on any atom is 0.251 e. The SMILES string of the molecule is COc1ccc(CCNC(=O)[C@H](CCc2ccccc2)NC(=O)c2ccc3c(c2)c(CC(N)=O)cn3Cc2ccc(Cl)cc2)cc1. The Balaban J connectivity index is 1.33. The molecular formula is C37H37ClN4O4. The minimum absolute atomic E-state index is 0.0332. The summed E-state index contributed by atoms with van der Waals surface area (Å²) in [7, 11) is 1.62. The first-order chi connectivity index (χ1) is 22.3. The number of amides is 3. The second kappa shape index (κ2) is 15.3. The Kier molecular flexibility index (Phi) is 10.7. The van der Waals surface area contributed by atoms with Crippen molar-refractivity contribution in [3.05, 3.63) is 136 Å². The molecule has 1 atom stereocenters. The van der Waals surface area contributed by atoms with Crippen molar-refractivity contribution in [2.45, 2.75) is 38.3 Å². The second-order valence-electron chi connectivity index (χ2n) is 11.2. The summed E-state index contributed by atoms with van der Waals surface area (Å²) in [5.41, 5.74) is 10.7. The molecule has 4 N–H and O–H groups in total. The van der Waals surface area contributed by atoms with E-state index in [-0.39, 0.29) is 18.2 Å².